The van der Waals surface area contributed by atoms with E-state index in [0.29, 0.717) is 26.4 Å². The highest BCUT2D eigenvalue weighted by atomic mass is 16.5. The van der Waals surface area contributed by atoms with Crippen LogP contribution >= 0.6 is 0 Å². The highest BCUT2D eigenvalue weighted by molar-refractivity contribution is 5.31. The third kappa shape index (κ3) is 6.82. The fourth-order valence-electron chi connectivity index (χ4n) is 3.00. The molecule has 1 aliphatic heterocycles. The molecule has 0 atom stereocenters. The molecule has 1 aliphatic rings. The van der Waals surface area contributed by atoms with Gasteiger partial charge in [0.15, 0.2) is 0 Å². The van der Waals surface area contributed by atoms with Gasteiger partial charge in [0.2, 0.25) is 0 Å². The maximum absolute atomic E-state index is 5.78. The normalized spacial score (nSPS) is 13.8. The number of hydrogen-bond acceptors (Lipinski definition) is 5. The Balaban J connectivity index is 1.25. The van der Waals surface area contributed by atoms with Crippen molar-refractivity contribution in [2.75, 3.05) is 40.0 Å². The molecule has 1 heterocycles. The average molecular weight is 383 g/mol. The molecule has 0 saturated carbocycles. The minimum atomic E-state index is 0.535. The molecule has 0 unspecified atom stereocenters. The van der Waals surface area contributed by atoms with Gasteiger partial charge in [-0.05, 0) is 48.7 Å². The second-order valence-corrected chi connectivity index (χ2v) is 6.79. The second-order valence-electron chi connectivity index (χ2n) is 6.79. The number of nitrogens with one attached hydrogen (secondary N) is 1. The zero-order chi connectivity index (χ0) is 19.4. The van der Waals surface area contributed by atoms with Gasteiger partial charge >= 0.3 is 0 Å². The molecule has 28 heavy (non-hydrogen) atoms. The Bertz CT molecular complexity index is 716. The summed E-state index contributed by atoms with van der Waals surface area (Å²) in [6.07, 6.45) is 4.63. The fourth-order valence-corrected chi connectivity index (χ4v) is 3.00. The van der Waals surface area contributed by atoms with Crippen LogP contribution in [0.1, 0.15) is 18.4 Å². The quantitative estimate of drug-likeness (QED) is 0.599. The van der Waals surface area contributed by atoms with E-state index in [0.717, 1.165) is 36.6 Å². The number of rotatable bonds is 11. The van der Waals surface area contributed by atoms with Gasteiger partial charge in [0.1, 0.15) is 24.7 Å². The third-order valence-corrected chi connectivity index (χ3v) is 4.57. The van der Waals surface area contributed by atoms with Crippen molar-refractivity contribution in [2.45, 2.75) is 19.4 Å². The molecule has 2 aromatic rings. The summed E-state index contributed by atoms with van der Waals surface area (Å²) in [5.74, 6) is 2.86. The van der Waals surface area contributed by atoms with Gasteiger partial charge in [-0.3, -0.25) is 0 Å². The Morgan fingerprint density at radius 2 is 1.64 bits per heavy atom. The zero-order valence-electron chi connectivity index (χ0n) is 16.6. The minimum Gasteiger partial charge on any atom is -0.491 e. The van der Waals surface area contributed by atoms with Gasteiger partial charge in [-0.15, -0.1) is 0 Å². The van der Waals surface area contributed by atoms with Gasteiger partial charge in [-0.25, -0.2) is 0 Å². The summed E-state index contributed by atoms with van der Waals surface area (Å²) in [7, 11) is 2.12. The zero-order valence-corrected chi connectivity index (χ0v) is 16.6. The van der Waals surface area contributed by atoms with Gasteiger partial charge < -0.3 is 24.4 Å². The van der Waals surface area contributed by atoms with E-state index in [2.05, 4.69) is 35.5 Å². The van der Waals surface area contributed by atoms with Crippen LogP contribution in [0.2, 0.25) is 0 Å². The maximum atomic E-state index is 5.78. The second kappa shape index (κ2) is 11.2. The lowest BCUT2D eigenvalue weighted by Gasteiger charge is -2.27. The highest BCUT2D eigenvalue weighted by Crippen LogP contribution is 2.18. The molecule has 5 nitrogen and oxygen atoms in total. The summed E-state index contributed by atoms with van der Waals surface area (Å²) in [6.45, 7) is 4.26. The standard InChI is InChI=1S/C23H30N2O3/c1-25-15-6-5-9-23(25)24-14-16-26-17-18-27-21-10-12-22(13-11-21)28-19-20-7-3-2-4-8-20/h2-4,7-13,24H,5-6,14-19H2,1H3. The maximum Gasteiger partial charge on any atom is 0.120 e. The van der Waals surface area contributed by atoms with Crippen LogP contribution in [0.4, 0.5) is 0 Å². The molecule has 0 fully saturated rings. The first-order valence-electron chi connectivity index (χ1n) is 9.94. The molecule has 150 valence electrons. The van der Waals surface area contributed by atoms with Crippen molar-refractivity contribution in [1.82, 2.24) is 10.2 Å². The summed E-state index contributed by atoms with van der Waals surface area (Å²) in [5, 5.41) is 3.42. The summed E-state index contributed by atoms with van der Waals surface area (Å²) < 4.78 is 17.1. The van der Waals surface area contributed by atoms with Crippen LogP contribution in [0.15, 0.2) is 66.5 Å². The Morgan fingerprint density at radius 1 is 0.893 bits per heavy atom. The molecule has 0 aromatic heterocycles. The monoisotopic (exact) mass is 382 g/mol. The largest absolute Gasteiger partial charge is 0.491 e. The first-order chi connectivity index (χ1) is 13.8. The number of benzene rings is 2. The summed E-state index contributed by atoms with van der Waals surface area (Å²) >= 11 is 0. The van der Waals surface area contributed by atoms with Gasteiger partial charge in [0.05, 0.1) is 19.0 Å². The van der Waals surface area contributed by atoms with Crippen molar-refractivity contribution < 1.29 is 14.2 Å². The van der Waals surface area contributed by atoms with Crippen molar-refractivity contribution in [1.29, 1.82) is 0 Å². The van der Waals surface area contributed by atoms with E-state index in [1.807, 2.05) is 42.5 Å². The molecule has 1 N–H and O–H groups in total. The van der Waals surface area contributed by atoms with E-state index in [1.165, 1.54) is 12.2 Å². The molecule has 0 bridgehead atoms. The molecular formula is C23H30N2O3. The van der Waals surface area contributed by atoms with Crippen LogP contribution in [-0.4, -0.2) is 44.9 Å². The predicted molar refractivity (Wildman–Crippen MR) is 111 cm³/mol. The number of allylic oxidation sites excluding steroid dienone is 1. The average Bonchev–Trinajstić information content (AvgIpc) is 2.74. The first-order valence-corrected chi connectivity index (χ1v) is 9.94. The van der Waals surface area contributed by atoms with Gasteiger partial charge in [-0.1, -0.05) is 30.3 Å². The van der Waals surface area contributed by atoms with Crippen molar-refractivity contribution >= 4 is 0 Å². The van der Waals surface area contributed by atoms with Crippen LogP contribution in [0.25, 0.3) is 0 Å². The smallest absolute Gasteiger partial charge is 0.120 e. The van der Waals surface area contributed by atoms with E-state index in [-0.39, 0.29) is 0 Å². The van der Waals surface area contributed by atoms with Crippen LogP contribution in [0.3, 0.4) is 0 Å². The van der Waals surface area contributed by atoms with E-state index in [4.69, 9.17) is 14.2 Å². The molecule has 0 spiro atoms. The summed E-state index contributed by atoms with van der Waals surface area (Å²) in [5.41, 5.74) is 1.15. The molecule has 0 amide bonds. The van der Waals surface area contributed by atoms with Gasteiger partial charge in [0.25, 0.3) is 0 Å². The van der Waals surface area contributed by atoms with Crippen LogP contribution < -0.4 is 14.8 Å². The summed E-state index contributed by atoms with van der Waals surface area (Å²) in [6, 6.07) is 17.8. The lowest BCUT2D eigenvalue weighted by molar-refractivity contribution is 0.102. The van der Waals surface area contributed by atoms with E-state index >= 15 is 0 Å². The topological polar surface area (TPSA) is 43.0 Å². The van der Waals surface area contributed by atoms with E-state index < -0.39 is 0 Å². The van der Waals surface area contributed by atoms with Crippen LogP contribution in [0.5, 0.6) is 11.5 Å². The first kappa shape index (κ1) is 20.1. The molecule has 0 saturated heterocycles. The number of ether oxygens (including phenoxy) is 3. The van der Waals surface area contributed by atoms with Gasteiger partial charge in [-0.2, -0.15) is 0 Å². The lowest BCUT2D eigenvalue weighted by atomic mass is 10.2. The van der Waals surface area contributed by atoms with E-state index in [1.54, 1.807) is 0 Å². The number of hydrogen-bond donors (Lipinski definition) is 1. The Kier molecular flexibility index (Phi) is 8.07. The van der Waals surface area contributed by atoms with Crippen molar-refractivity contribution in [3.8, 4) is 11.5 Å². The van der Waals surface area contributed by atoms with Crippen molar-refractivity contribution in [3.63, 3.8) is 0 Å². The molecule has 3 rings (SSSR count). The van der Waals surface area contributed by atoms with E-state index in [9.17, 15) is 0 Å². The van der Waals surface area contributed by atoms with Gasteiger partial charge in [0, 0.05) is 20.1 Å². The van der Waals surface area contributed by atoms with Crippen molar-refractivity contribution in [2.24, 2.45) is 0 Å². The molecular weight excluding hydrogens is 352 g/mol. The third-order valence-electron chi connectivity index (χ3n) is 4.57. The Labute approximate surface area is 167 Å². The minimum absolute atomic E-state index is 0.535. The lowest BCUT2D eigenvalue weighted by Crippen LogP contribution is -2.33. The van der Waals surface area contributed by atoms with Crippen molar-refractivity contribution in [3.05, 3.63) is 72.1 Å². The highest BCUT2D eigenvalue weighted by Gasteiger charge is 2.07. The Hall–Kier alpha value is -2.66. The Morgan fingerprint density at radius 3 is 2.39 bits per heavy atom. The molecule has 0 aliphatic carbocycles. The SMILES string of the molecule is CN1CCCC=C1NCCOCCOc1ccc(OCc2ccccc2)cc1. The number of nitrogens with zero attached hydrogens (tertiary/aromatic N) is 1. The molecule has 5 heteroatoms. The predicted octanol–water partition coefficient (Wildman–Crippen LogP) is 3.82. The summed E-state index contributed by atoms with van der Waals surface area (Å²) in [4.78, 5) is 2.25. The molecule has 0 radical (unpaired) electrons. The fraction of sp³-hybridized carbons (Fsp3) is 0.391. The molecule has 2 aromatic carbocycles. The van der Waals surface area contributed by atoms with Crippen LogP contribution in [-0.2, 0) is 11.3 Å². The van der Waals surface area contributed by atoms with Crippen LogP contribution in [0, 0.1) is 0 Å².